The predicted octanol–water partition coefficient (Wildman–Crippen LogP) is 4.33. The fourth-order valence-electron chi connectivity index (χ4n) is 3.28. The van der Waals surface area contributed by atoms with Crippen molar-refractivity contribution in [1.82, 2.24) is 5.32 Å². The Balaban J connectivity index is 1.62. The number of carbonyl (C=O) groups is 2. The Bertz CT molecular complexity index is 1230. The number of methoxy groups -OCH3 is 2. The van der Waals surface area contributed by atoms with Crippen molar-refractivity contribution in [2.45, 2.75) is 13.0 Å². The van der Waals surface area contributed by atoms with Crippen LogP contribution < -0.4 is 14.8 Å². The predicted molar refractivity (Wildman–Crippen MR) is 132 cm³/mol. The lowest BCUT2D eigenvalue weighted by atomic mass is 10.1. The van der Waals surface area contributed by atoms with E-state index >= 15 is 0 Å². The molecule has 0 heterocycles. The highest BCUT2D eigenvalue weighted by molar-refractivity contribution is 6.01. The van der Waals surface area contributed by atoms with Crippen molar-refractivity contribution in [2.75, 3.05) is 20.8 Å². The summed E-state index contributed by atoms with van der Waals surface area (Å²) >= 11 is 0. The number of nitrogens with one attached hydrogen (secondary N) is 1. The fourth-order valence-corrected chi connectivity index (χ4v) is 3.28. The molecule has 1 N–H and O–H groups in total. The Morgan fingerprint density at radius 1 is 0.943 bits per heavy atom. The van der Waals surface area contributed by atoms with Gasteiger partial charge in [0.25, 0.3) is 5.91 Å². The van der Waals surface area contributed by atoms with Crippen molar-refractivity contribution < 1.29 is 23.8 Å². The number of hydrogen-bond acceptors (Lipinski definition) is 6. The maximum Gasteiger partial charge on any atom is 0.337 e. The summed E-state index contributed by atoms with van der Waals surface area (Å²) in [4.78, 5) is 24.0. The first-order chi connectivity index (χ1) is 17.0. The third-order valence-electron chi connectivity index (χ3n) is 5.18. The molecule has 0 saturated heterocycles. The molecule has 7 heteroatoms. The molecular formula is C28H26N2O5. The molecule has 178 valence electrons. The molecule has 0 fully saturated rings. The Morgan fingerprint density at radius 2 is 1.69 bits per heavy atom. The van der Waals surface area contributed by atoms with Crippen LogP contribution in [0.4, 0.5) is 0 Å². The fraction of sp³-hybridized carbons (Fsp3) is 0.179. The molecule has 3 aromatic rings. The molecule has 0 saturated carbocycles. The highest BCUT2D eigenvalue weighted by Gasteiger charge is 2.11. The highest BCUT2D eigenvalue weighted by atomic mass is 16.5. The van der Waals surface area contributed by atoms with Crippen molar-refractivity contribution in [3.05, 3.63) is 101 Å². The number of carbonyl (C=O) groups excluding carboxylic acids is 2. The van der Waals surface area contributed by atoms with E-state index in [1.165, 1.54) is 20.3 Å². The molecular weight excluding hydrogens is 444 g/mol. The number of rotatable bonds is 10. The van der Waals surface area contributed by atoms with Gasteiger partial charge in [-0.1, -0.05) is 48.5 Å². The van der Waals surface area contributed by atoms with E-state index in [1.54, 1.807) is 42.5 Å². The summed E-state index contributed by atoms with van der Waals surface area (Å²) in [6, 6.07) is 23.8. The standard InChI is InChI=1S/C28H26N2O5/c1-33-26-17-22(16-24(18-29)27(31)30-15-14-20-6-4-3-5-7-20)10-13-25(26)35-19-21-8-11-23(12-9-21)28(32)34-2/h3-13,16-17H,14-15,19H2,1-2H3,(H,30,31)/b24-16-. The second-order valence-electron chi connectivity index (χ2n) is 7.55. The molecule has 0 radical (unpaired) electrons. The van der Waals surface area contributed by atoms with Gasteiger partial charge in [-0.2, -0.15) is 5.26 Å². The first kappa shape index (κ1) is 25.1. The van der Waals surface area contributed by atoms with Gasteiger partial charge in [-0.15, -0.1) is 0 Å². The van der Waals surface area contributed by atoms with Gasteiger partial charge in [-0.05, 0) is 53.5 Å². The van der Waals surface area contributed by atoms with Crippen molar-refractivity contribution in [3.8, 4) is 17.6 Å². The Hall–Kier alpha value is -4.57. The number of ether oxygens (including phenoxy) is 3. The Labute approximate surface area is 204 Å². The van der Waals surface area contributed by atoms with Gasteiger partial charge >= 0.3 is 5.97 Å². The average molecular weight is 471 g/mol. The monoisotopic (exact) mass is 470 g/mol. The van der Waals surface area contributed by atoms with E-state index < -0.39 is 11.9 Å². The zero-order valence-electron chi connectivity index (χ0n) is 19.6. The van der Waals surface area contributed by atoms with Crippen LogP contribution in [0.25, 0.3) is 6.08 Å². The largest absolute Gasteiger partial charge is 0.493 e. The van der Waals surface area contributed by atoms with Crippen LogP contribution >= 0.6 is 0 Å². The minimum absolute atomic E-state index is 0.000483. The quantitative estimate of drug-likeness (QED) is 0.269. The molecule has 3 rings (SSSR count). The average Bonchev–Trinajstić information content (AvgIpc) is 2.91. The van der Waals surface area contributed by atoms with Crippen molar-refractivity contribution >= 4 is 18.0 Å². The van der Waals surface area contributed by atoms with Crippen LogP contribution in [0.2, 0.25) is 0 Å². The van der Waals surface area contributed by atoms with Gasteiger partial charge in [-0.25, -0.2) is 4.79 Å². The van der Waals surface area contributed by atoms with Gasteiger partial charge in [0.15, 0.2) is 11.5 Å². The van der Waals surface area contributed by atoms with Crippen LogP contribution in [0.15, 0.2) is 78.4 Å². The lowest BCUT2D eigenvalue weighted by Crippen LogP contribution is -2.26. The van der Waals surface area contributed by atoms with Crippen LogP contribution in [-0.2, 0) is 22.6 Å². The van der Waals surface area contributed by atoms with Crippen molar-refractivity contribution in [2.24, 2.45) is 0 Å². The SMILES string of the molecule is COC(=O)c1ccc(COc2ccc(/C=C(/C#N)C(=O)NCCc3ccccc3)cc2OC)cc1. The number of amides is 1. The third kappa shape index (κ3) is 7.21. The second kappa shape index (κ2) is 12.6. The topological polar surface area (TPSA) is 97.7 Å². The molecule has 7 nitrogen and oxygen atoms in total. The van der Waals surface area contributed by atoms with Gasteiger partial charge in [0.2, 0.25) is 0 Å². The normalized spacial score (nSPS) is 10.7. The Kier molecular flexibility index (Phi) is 9.03. The molecule has 0 atom stereocenters. The van der Waals surface area contributed by atoms with E-state index in [1.807, 2.05) is 36.4 Å². The zero-order valence-corrected chi connectivity index (χ0v) is 19.6. The summed E-state index contributed by atoms with van der Waals surface area (Å²) in [6.45, 7) is 0.693. The molecule has 0 aliphatic rings. The summed E-state index contributed by atoms with van der Waals surface area (Å²) in [7, 11) is 2.85. The summed E-state index contributed by atoms with van der Waals surface area (Å²) in [5, 5.41) is 12.3. The molecule has 0 bridgehead atoms. The van der Waals surface area contributed by atoms with E-state index in [-0.39, 0.29) is 12.2 Å². The van der Waals surface area contributed by atoms with Crippen molar-refractivity contribution in [3.63, 3.8) is 0 Å². The van der Waals surface area contributed by atoms with Gasteiger partial charge in [-0.3, -0.25) is 4.79 Å². The summed E-state index contributed by atoms with van der Waals surface area (Å²) in [5.41, 5.74) is 3.06. The minimum Gasteiger partial charge on any atom is -0.493 e. The van der Waals surface area contributed by atoms with Crippen LogP contribution in [-0.4, -0.2) is 32.6 Å². The maximum atomic E-state index is 12.4. The smallest absolute Gasteiger partial charge is 0.337 e. The lowest BCUT2D eigenvalue weighted by Gasteiger charge is -2.12. The van der Waals surface area contributed by atoms with Gasteiger partial charge < -0.3 is 19.5 Å². The molecule has 0 aliphatic heterocycles. The van der Waals surface area contributed by atoms with E-state index in [2.05, 4.69) is 5.32 Å². The van der Waals surface area contributed by atoms with E-state index in [9.17, 15) is 14.9 Å². The summed E-state index contributed by atoms with van der Waals surface area (Å²) in [5.74, 6) is 0.141. The van der Waals surface area contributed by atoms with E-state index in [4.69, 9.17) is 14.2 Å². The van der Waals surface area contributed by atoms with Gasteiger partial charge in [0, 0.05) is 6.54 Å². The number of hydrogen-bond donors (Lipinski definition) is 1. The van der Waals surface area contributed by atoms with Gasteiger partial charge in [0.1, 0.15) is 18.2 Å². The van der Waals surface area contributed by atoms with Gasteiger partial charge in [0.05, 0.1) is 19.8 Å². The zero-order chi connectivity index (χ0) is 25.0. The Morgan fingerprint density at radius 3 is 2.34 bits per heavy atom. The van der Waals surface area contributed by atoms with Crippen LogP contribution in [0, 0.1) is 11.3 Å². The highest BCUT2D eigenvalue weighted by Crippen LogP contribution is 2.29. The number of benzene rings is 3. The molecule has 3 aromatic carbocycles. The molecule has 0 aromatic heterocycles. The van der Waals surface area contributed by atoms with Crippen LogP contribution in [0.5, 0.6) is 11.5 Å². The first-order valence-corrected chi connectivity index (χ1v) is 11.0. The maximum absolute atomic E-state index is 12.4. The van der Waals surface area contributed by atoms with Crippen molar-refractivity contribution in [1.29, 1.82) is 5.26 Å². The molecule has 1 amide bonds. The van der Waals surface area contributed by atoms with Crippen LogP contribution in [0.1, 0.15) is 27.0 Å². The van der Waals surface area contributed by atoms with Crippen LogP contribution in [0.3, 0.4) is 0 Å². The lowest BCUT2D eigenvalue weighted by molar-refractivity contribution is -0.117. The summed E-state index contributed by atoms with van der Waals surface area (Å²) in [6.07, 6.45) is 2.19. The van der Waals surface area contributed by atoms with E-state index in [0.717, 1.165) is 11.1 Å². The second-order valence-corrected chi connectivity index (χ2v) is 7.55. The molecule has 35 heavy (non-hydrogen) atoms. The van der Waals surface area contributed by atoms with E-state index in [0.29, 0.717) is 35.6 Å². The minimum atomic E-state index is -0.432. The molecule has 0 unspecified atom stereocenters. The number of nitrogens with zero attached hydrogens (tertiary/aromatic N) is 1. The summed E-state index contributed by atoms with van der Waals surface area (Å²) < 4.78 is 16.0. The first-order valence-electron chi connectivity index (χ1n) is 11.0. The number of nitriles is 1. The molecule has 0 spiro atoms. The third-order valence-corrected chi connectivity index (χ3v) is 5.18. The molecule has 0 aliphatic carbocycles. The number of esters is 1.